The third-order valence-electron chi connectivity index (χ3n) is 1.04. The van der Waals surface area contributed by atoms with Gasteiger partial charge in [-0.05, 0) is 6.42 Å². The number of rotatable bonds is 5. The van der Waals surface area contributed by atoms with Gasteiger partial charge < -0.3 is 9.84 Å². The van der Waals surface area contributed by atoms with E-state index in [1.807, 2.05) is 6.92 Å². The zero-order chi connectivity index (χ0) is 8.53. The molecule has 0 aromatic carbocycles. The number of ether oxygens (including phenoxy) is 1. The van der Waals surface area contributed by atoms with Crippen LogP contribution in [0.3, 0.4) is 0 Å². The quantitative estimate of drug-likeness (QED) is 0.367. The van der Waals surface area contributed by atoms with Crippen LogP contribution in [0.15, 0.2) is 12.2 Å². The molecule has 0 rings (SSSR count). The molecule has 3 nitrogen and oxygen atoms in total. The molecule has 64 valence electrons. The van der Waals surface area contributed by atoms with Gasteiger partial charge in [-0.2, -0.15) is 0 Å². The number of aliphatic hydroxyl groups excluding tert-OH is 1. The minimum atomic E-state index is -0.333. The van der Waals surface area contributed by atoms with Crippen molar-refractivity contribution in [2.24, 2.45) is 0 Å². The van der Waals surface area contributed by atoms with Crippen LogP contribution in [0, 0.1) is 0 Å². The van der Waals surface area contributed by atoms with Gasteiger partial charge in [-0.25, -0.2) is 4.79 Å². The zero-order valence-electron chi connectivity index (χ0n) is 6.75. The highest BCUT2D eigenvalue weighted by atomic mass is 16.5. The first-order valence-corrected chi connectivity index (χ1v) is 3.75. The summed E-state index contributed by atoms with van der Waals surface area (Å²) in [5.41, 5.74) is 0. The summed E-state index contributed by atoms with van der Waals surface area (Å²) in [4.78, 5) is 10.7. The van der Waals surface area contributed by atoms with Crippen LogP contribution in [0.25, 0.3) is 0 Å². The summed E-state index contributed by atoms with van der Waals surface area (Å²) in [6.07, 6.45) is 4.47. The molecule has 0 spiro atoms. The van der Waals surface area contributed by atoms with Gasteiger partial charge in [0.15, 0.2) is 0 Å². The molecule has 0 fully saturated rings. The second-order valence-corrected chi connectivity index (χ2v) is 2.06. The van der Waals surface area contributed by atoms with E-state index in [0.717, 1.165) is 6.42 Å². The van der Waals surface area contributed by atoms with Crippen molar-refractivity contribution in [3.63, 3.8) is 0 Å². The summed E-state index contributed by atoms with van der Waals surface area (Å²) in [7, 11) is 0. The van der Waals surface area contributed by atoms with Crippen LogP contribution in [0.1, 0.15) is 19.8 Å². The van der Waals surface area contributed by atoms with Crippen LogP contribution in [0.5, 0.6) is 0 Å². The van der Waals surface area contributed by atoms with E-state index in [9.17, 15) is 4.79 Å². The van der Waals surface area contributed by atoms with Gasteiger partial charge in [-0.15, -0.1) is 0 Å². The second kappa shape index (κ2) is 7.28. The van der Waals surface area contributed by atoms with Crippen molar-refractivity contribution in [3.05, 3.63) is 12.2 Å². The summed E-state index contributed by atoms with van der Waals surface area (Å²) in [6, 6.07) is 0. The van der Waals surface area contributed by atoms with E-state index in [-0.39, 0.29) is 12.6 Å². The molecule has 0 saturated heterocycles. The molecule has 0 aromatic rings. The summed E-state index contributed by atoms with van der Waals surface area (Å²) in [5, 5.41) is 8.35. The standard InChI is InChI=1S/C8H14O3/c1-2-3-5-8(10)11-7-4-6-9/h3,5,9H,2,4,6-7H2,1H3. The van der Waals surface area contributed by atoms with Gasteiger partial charge in [0.05, 0.1) is 6.61 Å². The molecule has 0 saturated carbocycles. The molecule has 0 atom stereocenters. The molecule has 0 heterocycles. The second-order valence-electron chi connectivity index (χ2n) is 2.06. The van der Waals surface area contributed by atoms with E-state index >= 15 is 0 Å². The summed E-state index contributed by atoms with van der Waals surface area (Å²) < 4.78 is 4.70. The van der Waals surface area contributed by atoms with Crippen molar-refractivity contribution in [3.8, 4) is 0 Å². The fourth-order valence-electron chi connectivity index (χ4n) is 0.499. The van der Waals surface area contributed by atoms with Gasteiger partial charge in [-0.3, -0.25) is 0 Å². The molecule has 0 radical (unpaired) electrons. The van der Waals surface area contributed by atoms with E-state index in [0.29, 0.717) is 13.0 Å². The number of allylic oxidation sites excluding steroid dienone is 1. The SMILES string of the molecule is CCC=CC(=O)OCCCO. The van der Waals surface area contributed by atoms with Crippen LogP contribution >= 0.6 is 0 Å². The predicted octanol–water partition coefficient (Wildman–Crippen LogP) is 0.878. The fraction of sp³-hybridized carbons (Fsp3) is 0.625. The smallest absolute Gasteiger partial charge is 0.330 e. The van der Waals surface area contributed by atoms with E-state index in [1.54, 1.807) is 6.08 Å². The Bertz CT molecular complexity index is 129. The zero-order valence-corrected chi connectivity index (χ0v) is 6.75. The van der Waals surface area contributed by atoms with E-state index in [2.05, 4.69) is 0 Å². The highest BCUT2D eigenvalue weighted by Gasteiger charge is 1.93. The highest BCUT2D eigenvalue weighted by Crippen LogP contribution is 1.86. The minimum Gasteiger partial charge on any atom is -0.462 e. The van der Waals surface area contributed by atoms with Crippen LogP contribution in [-0.4, -0.2) is 24.3 Å². The van der Waals surface area contributed by atoms with Crippen LogP contribution in [0.2, 0.25) is 0 Å². The average molecular weight is 158 g/mol. The monoisotopic (exact) mass is 158 g/mol. The average Bonchev–Trinajstić information content (AvgIpc) is 2.01. The molecule has 1 N–H and O–H groups in total. The maximum Gasteiger partial charge on any atom is 0.330 e. The summed E-state index contributed by atoms with van der Waals surface area (Å²) in [6.45, 7) is 2.30. The Balaban J connectivity index is 3.30. The first kappa shape index (κ1) is 10.2. The Morgan fingerprint density at radius 1 is 1.64 bits per heavy atom. The number of esters is 1. The Hall–Kier alpha value is -0.830. The first-order chi connectivity index (χ1) is 5.31. The van der Waals surface area contributed by atoms with E-state index in [1.165, 1.54) is 6.08 Å². The largest absolute Gasteiger partial charge is 0.462 e. The minimum absolute atomic E-state index is 0.0603. The van der Waals surface area contributed by atoms with Crippen molar-refractivity contribution in [2.45, 2.75) is 19.8 Å². The predicted molar refractivity (Wildman–Crippen MR) is 42.1 cm³/mol. The summed E-state index contributed by atoms with van der Waals surface area (Å²) >= 11 is 0. The van der Waals surface area contributed by atoms with Crippen molar-refractivity contribution in [1.29, 1.82) is 0 Å². The molecule has 0 amide bonds. The molecule has 0 unspecified atom stereocenters. The maximum atomic E-state index is 10.7. The molecule has 3 heteroatoms. The third kappa shape index (κ3) is 7.06. The Kier molecular flexibility index (Phi) is 6.73. The van der Waals surface area contributed by atoms with E-state index in [4.69, 9.17) is 9.84 Å². The number of hydrogen-bond donors (Lipinski definition) is 1. The van der Waals surface area contributed by atoms with Crippen molar-refractivity contribution in [2.75, 3.05) is 13.2 Å². The molecular formula is C8H14O3. The Morgan fingerprint density at radius 3 is 2.91 bits per heavy atom. The lowest BCUT2D eigenvalue weighted by Crippen LogP contribution is -2.03. The van der Waals surface area contributed by atoms with Crippen molar-refractivity contribution in [1.82, 2.24) is 0 Å². The molecule has 0 aliphatic carbocycles. The number of carbonyl (C=O) groups is 1. The molecular weight excluding hydrogens is 144 g/mol. The molecule has 0 aliphatic rings. The third-order valence-corrected chi connectivity index (χ3v) is 1.04. The fourth-order valence-corrected chi connectivity index (χ4v) is 0.499. The van der Waals surface area contributed by atoms with Gasteiger partial charge in [0, 0.05) is 19.1 Å². The summed E-state index contributed by atoms with van der Waals surface area (Å²) in [5.74, 6) is -0.333. The van der Waals surface area contributed by atoms with Gasteiger partial charge in [0.2, 0.25) is 0 Å². The number of hydrogen-bond acceptors (Lipinski definition) is 3. The van der Waals surface area contributed by atoms with Gasteiger partial charge in [0.25, 0.3) is 0 Å². The van der Waals surface area contributed by atoms with Crippen LogP contribution in [0.4, 0.5) is 0 Å². The van der Waals surface area contributed by atoms with Gasteiger partial charge >= 0.3 is 5.97 Å². The lowest BCUT2D eigenvalue weighted by Gasteiger charge is -1.97. The van der Waals surface area contributed by atoms with Crippen LogP contribution < -0.4 is 0 Å². The Labute approximate surface area is 66.7 Å². The normalized spacial score (nSPS) is 10.4. The molecule has 11 heavy (non-hydrogen) atoms. The Morgan fingerprint density at radius 2 is 2.36 bits per heavy atom. The number of aliphatic hydroxyl groups is 1. The van der Waals surface area contributed by atoms with E-state index < -0.39 is 0 Å². The van der Waals surface area contributed by atoms with Crippen molar-refractivity contribution >= 4 is 5.97 Å². The van der Waals surface area contributed by atoms with Crippen LogP contribution in [-0.2, 0) is 9.53 Å². The molecule has 0 aromatic heterocycles. The first-order valence-electron chi connectivity index (χ1n) is 3.75. The lowest BCUT2D eigenvalue weighted by molar-refractivity contribution is -0.138. The highest BCUT2D eigenvalue weighted by molar-refractivity contribution is 5.81. The topological polar surface area (TPSA) is 46.5 Å². The maximum absolute atomic E-state index is 10.7. The molecule has 0 aliphatic heterocycles. The number of carbonyl (C=O) groups excluding carboxylic acids is 1. The lowest BCUT2D eigenvalue weighted by atomic mass is 10.4. The van der Waals surface area contributed by atoms with Gasteiger partial charge in [-0.1, -0.05) is 13.0 Å². The van der Waals surface area contributed by atoms with Crippen molar-refractivity contribution < 1.29 is 14.6 Å². The molecule has 0 bridgehead atoms. The van der Waals surface area contributed by atoms with Gasteiger partial charge in [0.1, 0.15) is 0 Å².